The molecule has 0 aromatic carbocycles. The zero-order chi connectivity index (χ0) is 10.6. The average molecular weight is 219 g/mol. The number of aliphatic hydroxyl groups is 1. The highest BCUT2D eigenvalue weighted by Gasteiger charge is 2.02. The highest BCUT2D eigenvalue weighted by Crippen LogP contribution is 2.07. The van der Waals surface area contributed by atoms with Gasteiger partial charge in [-0.1, -0.05) is 26.7 Å². The van der Waals surface area contributed by atoms with Crippen LogP contribution < -0.4 is 5.32 Å². The monoisotopic (exact) mass is 219 g/mol. The van der Waals surface area contributed by atoms with Crippen LogP contribution in [-0.2, 0) is 0 Å². The fraction of sp³-hybridized carbons (Fsp3) is 1.00. The Hall–Kier alpha value is 0.270. The van der Waals surface area contributed by atoms with E-state index in [4.69, 9.17) is 0 Å². The molecular weight excluding hydrogens is 194 g/mol. The molecule has 2 nitrogen and oxygen atoms in total. The van der Waals surface area contributed by atoms with Crippen LogP contribution >= 0.6 is 11.8 Å². The standard InChI is InChI=1S/C11H25NOS/c1-3-5-6-8-14-10-11(13)9-12-7-4-2/h11-13H,3-10H2,1-2H3. The molecule has 0 spiro atoms. The van der Waals surface area contributed by atoms with E-state index in [9.17, 15) is 5.11 Å². The lowest BCUT2D eigenvalue weighted by Gasteiger charge is -2.10. The fourth-order valence-electron chi connectivity index (χ4n) is 1.18. The van der Waals surface area contributed by atoms with Crippen LogP contribution in [-0.4, -0.2) is 35.8 Å². The summed E-state index contributed by atoms with van der Waals surface area (Å²) >= 11 is 1.87. The highest BCUT2D eigenvalue weighted by molar-refractivity contribution is 7.99. The lowest BCUT2D eigenvalue weighted by atomic mass is 10.3. The maximum Gasteiger partial charge on any atom is 0.0754 e. The lowest BCUT2D eigenvalue weighted by molar-refractivity contribution is 0.196. The molecule has 0 aliphatic carbocycles. The molecule has 0 heterocycles. The molecule has 3 heteroatoms. The molecule has 0 radical (unpaired) electrons. The number of unbranched alkanes of at least 4 members (excludes halogenated alkanes) is 2. The maximum atomic E-state index is 9.55. The van der Waals surface area contributed by atoms with Crippen molar-refractivity contribution in [1.82, 2.24) is 5.32 Å². The van der Waals surface area contributed by atoms with Crippen molar-refractivity contribution < 1.29 is 5.11 Å². The van der Waals surface area contributed by atoms with Crippen LogP contribution in [0, 0.1) is 0 Å². The van der Waals surface area contributed by atoms with Gasteiger partial charge in [0.1, 0.15) is 0 Å². The van der Waals surface area contributed by atoms with Gasteiger partial charge < -0.3 is 10.4 Å². The van der Waals surface area contributed by atoms with Crippen molar-refractivity contribution in [1.29, 1.82) is 0 Å². The van der Waals surface area contributed by atoms with Gasteiger partial charge in [-0.05, 0) is 25.1 Å². The first-order valence-corrected chi connectivity index (χ1v) is 6.93. The van der Waals surface area contributed by atoms with Gasteiger partial charge in [-0.15, -0.1) is 0 Å². The predicted molar refractivity (Wildman–Crippen MR) is 66.0 cm³/mol. The number of rotatable bonds is 10. The summed E-state index contributed by atoms with van der Waals surface area (Å²) in [5.74, 6) is 2.07. The molecule has 0 fully saturated rings. The van der Waals surface area contributed by atoms with E-state index in [0.29, 0.717) is 0 Å². The molecule has 0 saturated carbocycles. The van der Waals surface area contributed by atoms with Crippen molar-refractivity contribution in [3.8, 4) is 0 Å². The summed E-state index contributed by atoms with van der Waals surface area (Å²) in [6.07, 6.45) is 4.85. The highest BCUT2D eigenvalue weighted by atomic mass is 32.2. The Labute approximate surface area is 92.9 Å². The molecule has 1 unspecified atom stereocenters. The molecule has 0 aromatic rings. The summed E-state index contributed by atoms with van der Waals surface area (Å²) in [6.45, 7) is 6.11. The van der Waals surface area contributed by atoms with E-state index in [0.717, 1.165) is 25.3 Å². The maximum absolute atomic E-state index is 9.55. The van der Waals surface area contributed by atoms with E-state index in [-0.39, 0.29) is 6.10 Å². The number of hydrogen-bond donors (Lipinski definition) is 2. The van der Waals surface area contributed by atoms with E-state index in [1.54, 1.807) is 0 Å². The van der Waals surface area contributed by atoms with Gasteiger partial charge in [0, 0.05) is 12.3 Å². The van der Waals surface area contributed by atoms with Gasteiger partial charge in [-0.3, -0.25) is 0 Å². The van der Waals surface area contributed by atoms with Crippen LogP contribution in [0.1, 0.15) is 39.5 Å². The average Bonchev–Trinajstić information content (AvgIpc) is 2.18. The molecule has 0 aliphatic heterocycles. The van der Waals surface area contributed by atoms with Crippen LogP contribution in [0.4, 0.5) is 0 Å². The van der Waals surface area contributed by atoms with Gasteiger partial charge >= 0.3 is 0 Å². The summed E-state index contributed by atoms with van der Waals surface area (Å²) in [7, 11) is 0. The van der Waals surface area contributed by atoms with Crippen LogP contribution in [0.15, 0.2) is 0 Å². The number of thioether (sulfide) groups is 1. The topological polar surface area (TPSA) is 32.3 Å². The Morgan fingerprint density at radius 2 is 2.00 bits per heavy atom. The number of nitrogens with one attached hydrogen (secondary N) is 1. The smallest absolute Gasteiger partial charge is 0.0754 e. The second kappa shape index (κ2) is 11.3. The van der Waals surface area contributed by atoms with Gasteiger partial charge in [0.15, 0.2) is 0 Å². The van der Waals surface area contributed by atoms with Crippen LogP contribution in [0.2, 0.25) is 0 Å². The Kier molecular flexibility index (Phi) is 11.6. The van der Waals surface area contributed by atoms with Gasteiger partial charge in [0.2, 0.25) is 0 Å². The fourth-order valence-corrected chi connectivity index (χ4v) is 2.14. The minimum atomic E-state index is -0.173. The quantitative estimate of drug-likeness (QED) is 0.553. The first-order valence-electron chi connectivity index (χ1n) is 5.77. The molecule has 0 saturated heterocycles. The largest absolute Gasteiger partial charge is 0.391 e. The third kappa shape index (κ3) is 10.4. The predicted octanol–water partition coefficient (Wildman–Crippen LogP) is 2.27. The van der Waals surface area contributed by atoms with E-state index in [1.165, 1.54) is 25.0 Å². The molecule has 0 rings (SSSR count). The number of hydrogen-bond acceptors (Lipinski definition) is 3. The van der Waals surface area contributed by atoms with Crippen LogP contribution in [0.3, 0.4) is 0 Å². The molecular formula is C11H25NOS. The van der Waals surface area contributed by atoms with E-state index >= 15 is 0 Å². The van der Waals surface area contributed by atoms with E-state index < -0.39 is 0 Å². The summed E-state index contributed by atoms with van der Waals surface area (Å²) in [6, 6.07) is 0. The minimum absolute atomic E-state index is 0.173. The molecule has 14 heavy (non-hydrogen) atoms. The molecule has 86 valence electrons. The zero-order valence-corrected chi connectivity index (χ0v) is 10.4. The summed E-state index contributed by atoms with van der Waals surface area (Å²) in [4.78, 5) is 0. The second-order valence-electron chi connectivity index (χ2n) is 3.64. The summed E-state index contributed by atoms with van der Waals surface area (Å²) < 4.78 is 0. The van der Waals surface area contributed by atoms with E-state index in [2.05, 4.69) is 19.2 Å². The van der Waals surface area contributed by atoms with Crippen LogP contribution in [0.5, 0.6) is 0 Å². The molecule has 1 atom stereocenters. The van der Waals surface area contributed by atoms with Gasteiger partial charge in [-0.2, -0.15) is 11.8 Å². The van der Waals surface area contributed by atoms with Crippen molar-refractivity contribution in [3.63, 3.8) is 0 Å². The zero-order valence-electron chi connectivity index (χ0n) is 9.59. The van der Waals surface area contributed by atoms with Crippen molar-refractivity contribution in [2.45, 2.75) is 45.6 Å². The molecule has 2 N–H and O–H groups in total. The van der Waals surface area contributed by atoms with Crippen molar-refractivity contribution in [2.75, 3.05) is 24.6 Å². The van der Waals surface area contributed by atoms with Crippen LogP contribution in [0.25, 0.3) is 0 Å². The normalized spacial score (nSPS) is 13.1. The lowest BCUT2D eigenvalue weighted by Crippen LogP contribution is -2.29. The molecule has 0 aliphatic rings. The Morgan fingerprint density at radius 1 is 1.21 bits per heavy atom. The summed E-state index contributed by atoms with van der Waals surface area (Å²) in [5.41, 5.74) is 0. The second-order valence-corrected chi connectivity index (χ2v) is 4.79. The van der Waals surface area contributed by atoms with Gasteiger partial charge in [-0.25, -0.2) is 0 Å². The number of aliphatic hydroxyl groups excluding tert-OH is 1. The first-order chi connectivity index (χ1) is 6.81. The third-order valence-corrected chi connectivity index (χ3v) is 3.21. The van der Waals surface area contributed by atoms with Gasteiger partial charge in [0.05, 0.1) is 6.10 Å². The molecule has 0 amide bonds. The molecule has 0 bridgehead atoms. The van der Waals surface area contributed by atoms with Crippen molar-refractivity contribution in [2.24, 2.45) is 0 Å². The van der Waals surface area contributed by atoms with Crippen molar-refractivity contribution >= 4 is 11.8 Å². The van der Waals surface area contributed by atoms with E-state index in [1.807, 2.05) is 11.8 Å². The summed E-state index contributed by atoms with van der Waals surface area (Å²) in [5, 5.41) is 12.8. The van der Waals surface area contributed by atoms with Crippen molar-refractivity contribution in [3.05, 3.63) is 0 Å². The van der Waals surface area contributed by atoms with Gasteiger partial charge in [0.25, 0.3) is 0 Å². The third-order valence-electron chi connectivity index (χ3n) is 2.01. The Bertz CT molecular complexity index is 111. The first kappa shape index (κ1) is 14.3. The molecule has 0 aromatic heterocycles. The Morgan fingerprint density at radius 3 is 2.64 bits per heavy atom. The SMILES string of the molecule is CCCCCSCC(O)CNCCC. The Balaban J connectivity index is 3.06. The minimum Gasteiger partial charge on any atom is -0.391 e.